The first-order valence-corrected chi connectivity index (χ1v) is 8.77. The van der Waals surface area contributed by atoms with E-state index >= 15 is 0 Å². The van der Waals surface area contributed by atoms with Crippen LogP contribution in [0, 0.1) is 6.92 Å². The fourth-order valence-electron chi connectivity index (χ4n) is 2.36. The van der Waals surface area contributed by atoms with Crippen LogP contribution in [0.4, 0.5) is 0 Å². The lowest BCUT2D eigenvalue weighted by Gasteiger charge is -2.05. The Kier molecular flexibility index (Phi) is 5.43. The van der Waals surface area contributed by atoms with E-state index < -0.39 is 11.9 Å². The average Bonchev–Trinajstić information content (AvgIpc) is 3.08. The molecule has 1 heterocycles. The van der Waals surface area contributed by atoms with Crippen molar-refractivity contribution in [3.63, 3.8) is 0 Å². The molecule has 0 unspecified atom stereocenters. The number of nitrogens with zero attached hydrogens (tertiary/aromatic N) is 1. The van der Waals surface area contributed by atoms with Crippen molar-refractivity contribution < 1.29 is 19.1 Å². The van der Waals surface area contributed by atoms with Crippen molar-refractivity contribution in [1.29, 1.82) is 0 Å². The zero-order valence-electron chi connectivity index (χ0n) is 14.4. The maximum absolute atomic E-state index is 12.4. The monoisotopic (exact) mass is 367 g/mol. The minimum absolute atomic E-state index is 0.123. The fourth-order valence-corrected chi connectivity index (χ4v) is 3.32. The summed E-state index contributed by atoms with van der Waals surface area (Å²) < 4.78 is 10.0. The quantitative estimate of drug-likeness (QED) is 0.630. The molecule has 1 aromatic heterocycles. The van der Waals surface area contributed by atoms with Gasteiger partial charge in [0.2, 0.25) is 0 Å². The van der Waals surface area contributed by atoms with Gasteiger partial charge in [-0.3, -0.25) is 0 Å². The van der Waals surface area contributed by atoms with Crippen molar-refractivity contribution in [3.05, 3.63) is 76.3 Å². The van der Waals surface area contributed by atoms with Gasteiger partial charge in [0.25, 0.3) is 0 Å². The molecule has 0 radical (unpaired) electrons. The summed E-state index contributed by atoms with van der Waals surface area (Å²) in [6, 6.07) is 16.4. The average molecular weight is 367 g/mol. The number of aryl methyl sites for hydroxylation is 1. The third kappa shape index (κ3) is 3.97. The SMILES string of the molecule is COC(=O)c1ccc(COC(=O)c2sc(-c3ccccc3)nc2C)cc1. The maximum atomic E-state index is 12.4. The predicted molar refractivity (Wildman–Crippen MR) is 99.2 cm³/mol. The highest BCUT2D eigenvalue weighted by Crippen LogP contribution is 2.28. The second-order valence-corrected chi connectivity index (χ2v) is 6.56. The molecule has 3 rings (SSSR count). The molecular formula is C20H17NO4S. The summed E-state index contributed by atoms with van der Waals surface area (Å²) in [5.41, 5.74) is 2.86. The Morgan fingerprint density at radius 3 is 2.35 bits per heavy atom. The zero-order valence-corrected chi connectivity index (χ0v) is 15.2. The molecule has 2 aromatic carbocycles. The van der Waals surface area contributed by atoms with E-state index in [0.717, 1.165) is 16.1 Å². The Balaban J connectivity index is 1.67. The summed E-state index contributed by atoms with van der Waals surface area (Å²) in [5.74, 6) is -0.804. The van der Waals surface area contributed by atoms with E-state index in [1.54, 1.807) is 31.2 Å². The Hall–Kier alpha value is -2.99. The van der Waals surface area contributed by atoms with Crippen LogP contribution in [-0.4, -0.2) is 24.0 Å². The van der Waals surface area contributed by atoms with Crippen LogP contribution >= 0.6 is 11.3 Å². The van der Waals surface area contributed by atoms with Crippen molar-refractivity contribution in [1.82, 2.24) is 4.98 Å². The largest absolute Gasteiger partial charge is 0.465 e. The molecule has 0 N–H and O–H groups in total. The summed E-state index contributed by atoms with van der Waals surface area (Å²) >= 11 is 1.32. The van der Waals surface area contributed by atoms with E-state index in [1.807, 2.05) is 30.3 Å². The Morgan fingerprint density at radius 1 is 1.00 bits per heavy atom. The minimum Gasteiger partial charge on any atom is -0.465 e. The first-order valence-electron chi connectivity index (χ1n) is 7.95. The molecule has 26 heavy (non-hydrogen) atoms. The van der Waals surface area contributed by atoms with Crippen LogP contribution < -0.4 is 0 Å². The molecule has 0 fully saturated rings. The minimum atomic E-state index is -0.403. The van der Waals surface area contributed by atoms with Crippen LogP contribution in [0.15, 0.2) is 54.6 Å². The number of aromatic nitrogens is 1. The van der Waals surface area contributed by atoms with Crippen LogP contribution in [-0.2, 0) is 16.1 Å². The summed E-state index contributed by atoms with van der Waals surface area (Å²) in [6.07, 6.45) is 0. The van der Waals surface area contributed by atoms with Crippen molar-refractivity contribution in [2.24, 2.45) is 0 Å². The predicted octanol–water partition coefficient (Wildman–Crippen LogP) is 4.26. The third-order valence-electron chi connectivity index (χ3n) is 3.75. The van der Waals surface area contributed by atoms with E-state index in [0.29, 0.717) is 16.1 Å². The summed E-state index contributed by atoms with van der Waals surface area (Å²) in [7, 11) is 1.33. The Bertz CT molecular complexity index is 917. The van der Waals surface area contributed by atoms with Crippen molar-refractivity contribution >= 4 is 23.3 Å². The number of hydrogen-bond acceptors (Lipinski definition) is 6. The third-order valence-corrected chi connectivity index (χ3v) is 4.93. The summed E-state index contributed by atoms with van der Waals surface area (Å²) in [6.45, 7) is 1.92. The van der Waals surface area contributed by atoms with Gasteiger partial charge in [-0.2, -0.15) is 0 Å². The van der Waals surface area contributed by atoms with Gasteiger partial charge in [0, 0.05) is 5.56 Å². The highest BCUT2D eigenvalue weighted by Gasteiger charge is 2.17. The number of methoxy groups -OCH3 is 1. The van der Waals surface area contributed by atoms with Crippen molar-refractivity contribution in [2.45, 2.75) is 13.5 Å². The lowest BCUT2D eigenvalue weighted by molar-refractivity contribution is 0.0476. The van der Waals surface area contributed by atoms with Crippen LogP contribution in [0.5, 0.6) is 0 Å². The van der Waals surface area contributed by atoms with Gasteiger partial charge in [-0.05, 0) is 24.6 Å². The number of benzene rings is 2. The number of thiazole rings is 1. The number of carbonyl (C=O) groups excluding carboxylic acids is 2. The smallest absolute Gasteiger partial charge is 0.350 e. The van der Waals surface area contributed by atoms with Gasteiger partial charge in [-0.25, -0.2) is 14.6 Å². The van der Waals surface area contributed by atoms with E-state index in [4.69, 9.17) is 4.74 Å². The first-order chi connectivity index (χ1) is 12.6. The first kappa shape index (κ1) is 17.8. The molecule has 0 spiro atoms. The van der Waals surface area contributed by atoms with Crippen LogP contribution in [0.3, 0.4) is 0 Å². The number of ether oxygens (including phenoxy) is 2. The van der Waals surface area contributed by atoms with E-state index in [-0.39, 0.29) is 6.61 Å². The molecule has 0 bridgehead atoms. The molecule has 0 amide bonds. The highest BCUT2D eigenvalue weighted by molar-refractivity contribution is 7.17. The molecule has 5 nitrogen and oxygen atoms in total. The molecule has 0 aliphatic carbocycles. The van der Waals surface area contributed by atoms with Gasteiger partial charge in [0.15, 0.2) is 0 Å². The van der Waals surface area contributed by atoms with Gasteiger partial charge in [0.05, 0.1) is 18.4 Å². The molecule has 0 aliphatic heterocycles. The van der Waals surface area contributed by atoms with E-state index in [9.17, 15) is 9.59 Å². The van der Waals surface area contributed by atoms with Gasteiger partial charge in [-0.15, -0.1) is 11.3 Å². The molecule has 0 saturated carbocycles. The molecule has 0 aliphatic rings. The maximum Gasteiger partial charge on any atom is 0.350 e. The molecule has 6 heteroatoms. The van der Waals surface area contributed by atoms with Gasteiger partial charge < -0.3 is 9.47 Å². The normalized spacial score (nSPS) is 10.4. The molecule has 3 aromatic rings. The van der Waals surface area contributed by atoms with Crippen LogP contribution in [0.25, 0.3) is 10.6 Å². The van der Waals surface area contributed by atoms with Crippen molar-refractivity contribution in [2.75, 3.05) is 7.11 Å². The topological polar surface area (TPSA) is 65.5 Å². The molecule has 0 atom stereocenters. The highest BCUT2D eigenvalue weighted by atomic mass is 32.1. The van der Waals surface area contributed by atoms with Crippen molar-refractivity contribution in [3.8, 4) is 10.6 Å². The summed E-state index contributed by atoms with van der Waals surface area (Å²) in [4.78, 5) is 28.8. The number of hydrogen-bond donors (Lipinski definition) is 0. The zero-order chi connectivity index (χ0) is 18.5. The molecular weight excluding hydrogens is 350 g/mol. The van der Waals surface area contributed by atoms with Crippen LogP contribution in [0.2, 0.25) is 0 Å². The van der Waals surface area contributed by atoms with Gasteiger partial charge >= 0.3 is 11.9 Å². The second kappa shape index (κ2) is 7.93. The number of esters is 2. The second-order valence-electron chi connectivity index (χ2n) is 5.56. The number of carbonyl (C=O) groups is 2. The Labute approximate surface area is 155 Å². The lowest BCUT2D eigenvalue weighted by Crippen LogP contribution is -2.05. The van der Waals surface area contributed by atoms with E-state index in [2.05, 4.69) is 9.72 Å². The number of rotatable bonds is 5. The summed E-state index contributed by atoms with van der Waals surface area (Å²) in [5, 5.41) is 0.789. The Morgan fingerprint density at radius 2 is 1.69 bits per heavy atom. The lowest BCUT2D eigenvalue weighted by atomic mass is 10.1. The van der Waals surface area contributed by atoms with E-state index in [1.165, 1.54) is 18.4 Å². The molecule has 132 valence electrons. The van der Waals surface area contributed by atoms with Gasteiger partial charge in [0.1, 0.15) is 16.5 Å². The standard InChI is InChI=1S/C20H17NO4S/c1-13-17(26-18(21-13)15-6-4-3-5-7-15)20(23)25-12-14-8-10-16(11-9-14)19(22)24-2/h3-11H,12H2,1-2H3. The fraction of sp³-hybridized carbons (Fsp3) is 0.150. The molecule has 0 saturated heterocycles. The van der Waals surface area contributed by atoms with Crippen LogP contribution in [0.1, 0.15) is 31.3 Å². The van der Waals surface area contributed by atoms with Gasteiger partial charge in [-0.1, -0.05) is 42.5 Å².